The van der Waals surface area contributed by atoms with Gasteiger partial charge in [0, 0.05) is 31.2 Å². The lowest BCUT2D eigenvalue weighted by Gasteiger charge is -2.32. The third-order valence-electron chi connectivity index (χ3n) is 4.64. The van der Waals surface area contributed by atoms with Crippen molar-refractivity contribution < 1.29 is 13.2 Å². The molecular weight excluding hydrogens is 364 g/mol. The van der Waals surface area contributed by atoms with Crippen molar-refractivity contribution in [2.75, 3.05) is 26.2 Å². The standard InChI is InChI=1S/C20H27F2N5O/c1-2-23-20(26-16-8-10-27(11-9-16)13-18(21)22)24-12-17-14-28-19(25-17)15-6-4-3-5-7-15/h3-7,14,16,18H,2,8-13H2,1H3,(H2,23,24,26). The number of aromatic nitrogens is 1. The van der Waals surface area contributed by atoms with Crippen LogP contribution in [0.25, 0.3) is 11.5 Å². The first kappa shape index (κ1) is 20.3. The molecule has 1 aromatic heterocycles. The van der Waals surface area contributed by atoms with Crippen LogP contribution in [-0.4, -0.2) is 54.5 Å². The van der Waals surface area contributed by atoms with Crippen LogP contribution >= 0.6 is 0 Å². The zero-order chi connectivity index (χ0) is 19.8. The number of alkyl halides is 2. The van der Waals surface area contributed by atoms with E-state index < -0.39 is 6.43 Å². The van der Waals surface area contributed by atoms with Crippen LogP contribution in [-0.2, 0) is 6.54 Å². The van der Waals surface area contributed by atoms with Gasteiger partial charge in [-0.05, 0) is 31.9 Å². The number of piperidine rings is 1. The molecule has 1 aromatic carbocycles. The molecule has 2 aromatic rings. The molecule has 0 aliphatic carbocycles. The second-order valence-corrected chi connectivity index (χ2v) is 6.82. The number of rotatable bonds is 7. The summed E-state index contributed by atoms with van der Waals surface area (Å²) in [6, 6.07) is 9.96. The minimum absolute atomic E-state index is 0.142. The molecule has 6 nitrogen and oxygen atoms in total. The molecule has 152 valence electrons. The molecule has 2 N–H and O–H groups in total. The minimum Gasteiger partial charge on any atom is -0.444 e. The highest BCUT2D eigenvalue weighted by Crippen LogP contribution is 2.18. The molecule has 0 atom stereocenters. The van der Waals surface area contributed by atoms with E-state index in [4.69, 9.17) is 4.42 Å². The Morgan fingerprint density at radius 3 is 2.71 bits per heavy atom. The molecule has 3 rings (SSSR count). The summed E-state index contributed by atoms with van der Waals surface area (Å²) in [4.78, 5) is 10.9. The van der Waals surface area contributed by atoms with Crippen LogP contribution < -0.4 is 10.6 Å². The van der Waals surface area contributed by atoms with Crippen molar-refractivity contribution in [3.63, 3.8) is 0 Å². The smallest absolute Gasteiger partial charge is 0.251 e. The number of halogens is 2. The molecule has 1 aliphatic heterocycles. The van der Waals surface area contributed by atoms with Gasteiger partial charge >= 0.3 is 0 Å². The van der Waals surface area contributed by atoms with Crippen molar-refractivity contribution in [2.45, 2.75) is 38.8 Å². The van der Waals surface area contributed by atoms with Gasteiger partial charge in [0.2, 0.25) is 5.89 Å². The number of guanidine groups is 1. The maximum absolute atomic E-state index is 12.5. The molecule has 0 unspecified atom stereocenters. The summed E-state index contributed by atoms with van der Waals surface area (Å²) in [5, 5.41) is 6.63. The van der Waals surface area contributed by atoms with E-state index in [2.05, 4.69) is 20.6 Å². The number of hydrogen-bond donors (Lipinski definition) is 2. The fourth-order valence-corrected chi connectivity index (χ4v) is 3.22. The quantitative estimate of drug-likeness (QED) is 0.561. The maximum atomic E-state index is 12.5. The van der Waals surface area contributed by atoms with E-state index in [1.54, 1.807) is 6.26 Å². The van der Waals surface area contributed by atoms with Crippen LogP contribution in [0.4, 0.5) is 8.78 Å². The van der Waals surface area contributed by atoms with Crippen LogP contribution in [0.5, 0.6) is 0 Å². The van der Waals surface area contributed by atoms with Crippen LogP contribution in [0.2, 0.25) is 0 Å². The molecular formula is C20H27F2N5O. The molecule has 1 aliphatic rings. The zero-order valence-corrected chi connectivity index (χ0v) is 16.1. The first-order valence-electron chi connectivity index (χ1n) is 9.69. The Hall–Kier alpha value is -2.48. The Kier molecular flexibility index (Phi) is 7.36. The normalized spacial score (nSPS) is 16.5. The fraction of sp³-hybridized carbons (Fsp3) is 0.500. The Balaban J connectivity index is 1.54. The van der Waals surface area contributed by atoms with Crippen LogP contribution in [0.15, 0.2) is 46.0 Å². The number of aliphatic imine (C=N–C) groups is 1. The van der Waals surface area contributed by atoms with Crippen molar-refractivity contribution >= 4 is 5.96 Å². The van der Waals surface area contributed by atoms with E-state index in [-0.39, 0.29) is 12.6 Å². The Morgan fingerprint density at radius 1 is 1.29 bits per heavy atom. The number of nitrogens with zero attached hydrogens (tertiary/aromatic N) is 3. The summed E-state index contributed by atoms with van der Waals surface area (Å²) in [6.07, 6.45) is 0.989. The third-order valence-corrected chi connectivity index (χ3v) is 4.64. The van der Waals surface area contributed by atoms with Crippen LogP contribution in [0, 0.1) is 0 Å². The summed E-state index contributed by atoms with van der Waals surface area (Å²) in [7, 11) is 0. The average Bonchev–Trinajstić information content (AvgIpc) is 3.17. The van der Waals surface area contributed by atoms with Gasteiger partial charge in [-0.1, -0.05) is 18.2 Å². The number of oxazole rings is 1. The van der Waals surface area contributed by atoms with Crippen molar-refractivity contribution in [2.24, 2.45) is 4.99 Å². The summed E-state index contributed by atoms with van der Waals surface area (Å²) < 4.78 is 30.5. The lowest BCUT2D eigenvalue weighted by atomic mass is 10.1. The van der Waals surface area contributed by atoms with Gasteiger partial charge in [0.1, 0.15) is 12.0 Å². The molecule has 1 saturated heterocycles. The highest BCUT2D eigenvalue weighted by atomic mass is 19.3. The molecule has 28 heavy (non-hydrogen) atoms. The van der Waals surface area contributed by atoms with E-state index in [1.165, 1.54) is 0 Å². The Morgan fingerprint density at radius 2 is 2.04 bits per heavy atom. The van der Waals surface area contributed by atoms with Gasteiger partial charge in [0.05, 0.1) is 13.1 Å². The van der Waals surface area contributed by atoms with Gasteiger partial charge in [-0.3, -0.25) is 4.90 Å². The van der Waals surface area contributed by atoms with E-state index in [1.807, 2.05) is 42.2 Å². The minimum atomic E-state index is -2.27. The molecule has 0 bridgehead atoms. The molecule has 0 saturated carbocycles. The highest BCUT2D eigenvalue weighted by molar-refractivity contribution is 5.80. The van der Waals surface area contributed by atoms with Gasteiger partial charge in [-0.25, -0.2) is 18.8 Å². The van der Waals surface area contributed by atoms with Gasteiger partial charge in [0.25, 0.3) is 6.43 Å². The zero-order valence-electron chi connectivity index (χ0n) is 16.1. The molecule has 2 heterocycles. The first-order valence-corrected chi connectivity index (χ1v) is 9.69. The molecule has 0 spiro atoms. The molecule has 0 amide bonds. The summed E-state index contributed by atoms with van der Waals surface area (Å²) in [6.45, 7) is 4.35. The van der Waals surface area contributed by atoms with Crippen molar-refractivity contribution in [1.82, 2.24) is 20.5 Å². The fourth-order valence-electron chi connectivity index (χ4n) is 3.22. The van der Waals surface area contributed by atoms with Gasteiger partial charge in [-0.15, -0.1) is 0 Å². The molecule has 0 radical (unpaired) electrons. The van der Waals surface area contributed by atoms with Gasteiger partial charge in [0.15, 0.2) is 5.96 Å². The van der Waals surface area contributed by atoms with Gasteiger partial charge in [-0.2, -0.15) is 0 Å². The largest absolute Gasteiger partial charge is 0.444 e. The topological polar surface area (TPSA) is 65.7 Å². The number of benzene rings is 1. The van der Waals surface area contributed by atoms with E-state index in [0.717, 1.165) is 30.6 Å². The third kappa shape index (κ3) is 6.02. The molecule has 8 heteroatoms. The number of likely N-dealkylation sites (tertiary alicyclic amines) is 1. The lowest BCUT2D eigenvalue weighted by molar-refractivity contribution is 0.0744. The second kappa shape index (κ2) is 10.2. The number of nitrogens with one attached hydrogen (secondary N) is 2. The highest BCUT2D eigenvalue weighted by Gasteiger charge is 2.22. The summed E-state index contributed by atoms with van der Waals surface area (Å²) >= 11 is 0. The second-order valence-electron chi connectivity index (χ2n) is 6.82. The van der Waals surface area contributed by atoms with E-state index in [9.17, 15) is 8.78 Å². The predicted octanol–water partition coefficient (Wildman–Crippen LogP) is 3.13. The van der Waals surface area contributed by atoms with E-state index in [0.29, 0.717) is 31.5 Å². The predicted molar refractivity (Wildman–Crippen MR) is 105 cm³/mol. The van der Waals surface area contributed by atoms with Crippen LogP contribution in [0.1, 0.15) is 25.5 Å². The van der Waals surface area contributed by atoms with Crippen molar-refractivity contribution in [3.05, 3.63) is 42.3 Å². The Labute approximate surface area is 164 Å². The molecule has 1 fully saturated rings. The maximum Gasteiger partial charge on any atom is 0.251 e. The van der Waals surface area contributed by atoms with Crippen molar-refractivity contribution in [3.8, 4) is 11.5 Å². The average molecular weight is 391 g/mol. The van der Waals surface area contributed by atoms with E-state index >= 15 is 0 Å². The van der Waals surface area contributed by atoms with Gasteiger partial charge < -0.3 is 15.1 Å². The van der Waals surface area contributed by atoms with Crippen LogP contribution in [0.3, 0.4) is 0 Å². The monoisotopic (exact) mass is 391 g/mol. The Bertz CT molecular complexity index is 742. The SMILES string of the molecule is CCNC(=NCc1coc(-c2ccccc2)n1)NC1CCN(CC(F)F)CC1. The lowest BCUT2D eigenvalue weighted by Crippen LogP contribution is -2.49. The summed E-state index contributed by atoms with van der Waals surface area (Å²) in [5.74, 6) is 1.29. The summed E-state index contributed by atoms with van der Waals surface area (Å²) in [5.41, 5.74) is 1.68. The van der Waals surface area contributed by atoms with Crippen molar-refractivity contribution in [1.29, 1.82) is 0 Å². The number of hydrogen-bond acceptors (Lipinski definition) is 4. The first-order chi connectivity index (χ1) is 13.6.